The normalized spacial score (nSPS) is 15.8. The van der Waals surface area contributed by atoms with Crippen LogP contribution < -0.4 is 16.0 Å². The molecule has 24 heavy (non-hydrogen) atoms. The number of carbonyl (C=O) groups excluding carboxylic acids is 2. The maximum absolute atomic E-state index is 12.4. The lowest BCUT2D eigenvalue weighted by Crippen LogP contribution is -2.44. The number of fused-ring (bicyclic) bond motifs is 1. The van der Waals surface area contributed by atoms with Crippen molar-refractivity contribution in [2.75, 3.05) is 12.4 Å². The Morgan fingerprint density at radius 3 is 2.83 bits per heavy atom. The summed E-state index contributed by atoms with van der Waals surface area (Å²) < 4.78 is 1.48. The summed E-state index contributed by atoms with van der Waals surface area (Å²) in [6.07, 6.45) is 3.84. The number of halogens is 1. The van der Waals surface area contributed by atoms with E-state index in [-0.39, 0.29) is 36.8 Å². The zero-order valence-corrected chi connectivity index (χ0v) is 14.1. The molecule has 0 aliphatic carbocycles. The van der Waals surface area contributed by atoms with Crippen molar-refractivity contribution < 1.29 is 9.59 Å². The van der Waals surface area contributed by atoms with E-state index in [2.05, 4.69) is 33.2 Å². The van der Waals surface area contributed by atoms with E-state index < -0.39 is 0 Å². The molecule has 3 rings (SSSR count). The number of nitrogens with one attached hydrogen (secondary N) is 3. The maximum atomic E-state index is 12.4. The number of hydrogen-bond acceptors (Lipinski definition) is 4. The van der Waals surface area contributed by atoms with Crippen LogP contribution in [0.3, 0.4) is 0 Å². The number of nitrogens with zero attached hydrogens (tertiary/aromatic N) is 2. The van der Waals surface area contributed by atoms with Crippen LogP contribution in [0.5, 0.6) is 0 Å². The summed E-state index contributed by atoms with van der Waals surface area (Å²) in [6, 6.07) is 7.84. The van der Waals surface area contributed by atoms with Gasteiger partial charge in [0, 0.05) is 19.8 Å². The summed E-state index contributed by atoms with van der Waals surface area (Å²) in [6.45, 7) is 0.811. The minimum Gasteiger partial charge on any atom is -0.358 e. The van der Waals surface area contributed by atoms with Gasteiger partial charge in [0.1, 0.15) is 6.54 Å². The molecule has 1 aromatic heterocycles. The smallest absolute Gasteiger partial charge is 0.241 e. The first-order valence-corrected chi connectivity index (χ1v) is 7.50. The number of aromatic nitrogens is 2. The Labute approximate surface area is 146 Å². The highest BCUT2D eigenvalue weighted by atomic mass is 35.5. The number of carbonyl (C=O) groups is 2. The summed E-state index contributed by atoms with van der Waals surface area (Å²) in [7, 11) is 1.57. The lowest BCUT2D eigenvalue weighted by molar-refractivity contribution is -0.121. The molecule has 128 valence electrons. The topological polar surface area (TPSA) is 88.0 Å². The van der Waals surface area contributed by atoms with Gasteiger partial charge >= 0.3 is 0 Å². The van der Waals surface area contributed by atoms with Gasteiger partial charge in [-0.2, -0.15) is 5.10 Å². The fraction of sp³-hybridized carbons (Fsp3) is 0.312. The molecule has 1 aromatic carbocycles. The summed E-state index contributed by atoms with van der Waals surface area (Å²) in [5.74, 6) is -0.240. The van der Waals surface area contributed by atoms with E-state index in [1.165, 1.54) is 22.0 Å². The van der Waals surface area contributed by atoms with Gasteiger partial charge in [-0.3, -0.25) is 14.3 Å². The van der Waals surface area contributed by atoms with E-state index in [1.807, 2.05) is 12.1 Å². The predicted octanol–water partition coefficient (Wildman–Crippen LogP) is 0.704. The van der Waals surface area contributed by atoms with E-state index >= 15 is 0 Å². The first-order valence-electron chi connectivity index (χ1n) is 7.50. The summed E-state index contributed by atoms with van der Waals surface area (Å²) >= 11 is 0. The van der Waals surface area contributed by atoms with Crippen LogP contribution in [0, 0.1) is 0 Å². The van der Waals surface area contributed by atoms with Crippen LogP contribution in [-0.4, -0.2) is 34.7 Å². The Bertz CT molecular complexity index is 731. The molecule has 1 aliphatic heterocycles. The van der Waals surface area contributed by atoms with Crippen LogP contribution in [0.15, 0.2) is 36.7 Å². The van der Waals surface area contributed by atoms with Crippen molar-refractivity contribution in [1.29, 1.82) is 0 Å². The first-order chi connectivity index (χ1) is 11.2. The second kappa shape index (κ2) is 7.94. The van der Waals surface area contributed by atoms with Gasteiger partial charge in [-0.15, -0.1) is 12.4 Å². The van der Waals surface area contributed by atoms with Crippen LogP contribution in [0.4, 0.5) is 5.69 Å². The first kappa shape index (κ1) is 18.0. The average molecular weight is 350 g/mol. The summed E-state index contributed by atoms with van der Waals surface area (Å²) in [5, 5.41) is 12.7. The van der Waals surface area contributed by atoms with Crippen molar-refractivity contribution in [1.82, 2.24) is 20.4 Å². The number of likely N-dealkylation sites (N-methyl/N-ethyl adjacent to an activating group) is 1. The summed E-state index contributed by atoms with van der Waals surface area (Å²) in [5.41, 5.74) is 3.01. The number of benzene rings is 1. The van der Waals surface area contributed by atoms with Gasteiger partial charge in [-0.25, -0.2) is 0 Å². The number of hydrogen-bond donors (Lipinski definition) is 3. The Balaban J connectivity index is 0.00000208. The molecule has 0 spiro atoms. The van der Waals surface area contributed by atoms with Gasteiger partial charge in [0.25, 0.3) is 0 Å². The molecule has 0 saturated carbocycles. The molecule has 0 saturated heterocycles. The zero-order valence-electron chi connectivity index (χ0n) is 13.3. The van der Waals surface area contributed by atoms with Crippen molar-refractivity contribution in [3.05, 3.63) is 47.8 Å². The molecule has 7 nitrogen and oxygen atoms in total. The van der Waals surface area contributed by atoms with Gasteiger partial charge < -0.3 is 16.0 Å². The van der Waals surface area contributed by atoms with Gasteiger partial charge in [0.2, 0.25) is 11.8 Å². The third-order valence-corrected chi connectivity index (χ3v) is 3.88. The second-order valence-electron chi connectivity index (χ2n) is 5.50. The van der Waals surface area contributed by atoms with E-state index in [0.717, 1.165) is 0 Å². The van der Waals surface area contributed by atoms with Crippen molar-refractivity contribution in [2.45, 2.75) is 25.6 Å². The molecule has 1 aliphatic rings. The fourth-order valence-electron chi connectivity index (χ4n) is 2.61. The minimum atomic E-state index is -0.271. The Morgan fingerprint density at radius 2 is 2.08 bits per heavy atom. The number of amides is 2. The molecule has 0 fully saturated rings. The second-order valence-corrected chi connectivity index (χ2v) is 5.50. The number of anilines is 1. The molecule has 8 heteroatoms. The highest BCUT2D eigenvalue weighted by Crippen LogP contribution is 2.17. The van der Waals surface area contributed by atoms with Crippen molar-refractivity contribution in [2.24, 2.45) is 0 Å². The molecule has 0 unspecified atom stereocenters. The minimum absolute atomic E-state index is 0. The van der Waals surface area contributed by atoms with Crippen LogP contribution in [0.25, 0.3) is 0 Å². The van der Waals surface area contributed by atoms with Crippen LogP contribution in [-0.2, 0) is 29.1 Å². The van der Waals surface area contributed by atoms with Gasteiger partial charge in [-0.05, 0) is 17.5 Å². The van der Waals surface area contributed by atoms with Crippen LogP contribution >= 0.6 is 12.4 Å². The lowest BCUT2D eigenvalue weighted by atomic mass is 9.95. The molecule has 2 aromatic rings. The molecule has 1 atom stereocenters. The average Bonchev–Trinajstić information content (AvgIpc) is 3.01. The predicted molar refractivity (Wildman–Crippen MR) is 92.9 cm³/mol. The van der Waals surface area contributed by atoms with Crippen LogP contribution in [0.2, 0.25) is 0 Å². The van der Waals surface area contributed by atoms with Crippen LogP contribution in [0.1, 0.15) is 11.1 Å². The monoisotopic (exact) mass is 349 g/mol. The zero-order chi connectivity index (χ0) is 16.2. The van der Waals surface area contributed by atoms with Gasteiger partial charge in [-0.1, -0.05) is 24.3 Å². The molecular weight excluding hydrogens is 330 g/mol. The number of rotatable bonds is 4. The van der Waals surface area contributed by atoms with E-state index in [1.54, 1.807) is 13.2 Å². The van der Waals surface area contributed by atoms with Gasteiger partial charge in [0.15, 0.2) is 0 Å². The van der Waals surface area contributed by atoms with E-state index in [4.69, 9.17) is 0 Å². The van der Waals surface area contributed by atoms with Crippen molar-refractivity contribution in [3.63, 3.8) is 0 Å². The molecule has 2 amide bonds. The highest BCUT2D eigenvalue weighted by molar-refractivity contribution is 5.95. The Hall–Kier alpha value is -2.38. The fourth-order valence-corrected chi connectivity index (χ4v) is 2.61. The lowest BCUT2D eigenvalue weighted by Gasteiger charge is -2.25. The van der Waals surface area contributed by atoms with Crippen molar-refractivity contribution >= 4 is 29.9 Å². The SMILES string of the molecule is CNC(=O)Cn1cc(NC(=O)[C@H]2Cc3ccccc3CN2)cn1.Cl. The van der Waals surface area contributed by atoms with Crippen molar-refractivity contribution in [3.8, 4) is 0 Å². The third-order valence-electron chi connectivity index (χ3n) is 3.88. The highest BCUT2D eigenvalue weighted by Gasteiger charge is 2.24. The largest absolute Gasteiger partial charge is 0.358 e. The van der Waals surface area contributed by atoms with E-state index in [9.17, 15) is 9.59 Å². The quantitative estimate of drug-likeness (QED) is 0.758. The maximum Gasteiger partial charge on any atom is 0.241 e. The Morgan fingerprint density at radius 1 is 1.33 bits per heavy atom. The van der Waals surface area contributed by atoms with E-state index in [0.29, 0.717) is 18.7 Å². The third kappa shape index (κ3) is 4.12. The molecular formula is C16H20ClN5O2. The Kier molecular flexibility index (Phi) is 5.94. The molecule has 3 N–H and O–H groups in total. The molecule has 0 bridgehead atoms. The van der Waals surface area contributed by atoms with Gasteiger partial charge in [0.05, 0.1) is 17.9 Å². The molecule has 2 heterocycles. The summed E-state index contributed by atoms with van der Waals surface area (Å²) in [4.78, 5) is 23.7. The standard InChI is InChI=1S/C16H19N5O2.ClH/c1-17-15(22)10-21-9-13(8-19-21)20-16(23)14-6-11-4-2-3-5-12(11)7-18-14;/h2-5,8-9,14,18H,6-7,10H2,1H3,(H,17,22)(H,20,23);1H/t14-;/m1./s1. The molecule has 0 radical (unpaired) electrons.